The van der Waals surface area contributed by atoms with Crippen LogP contribution in [0.1, 0.15) is 71.3 Å². The zero-order chi connectivity index (χ0) is 21.4. The Balaban J connectivity index is 1.84. The van der Waals surface area contributed by atoms with Crippen molar-refractivity contribution in [2.75, 3.05) is 13.7 Å². The summed E-state index contributed by atoms with van der Waals surface area (Å²) in [6.45, 7) is 7.22. The summed E-state index contributed by atoms with van der Waals surface area (Å²) in [4.78, 5) is 0.340. The van der Waals surface area contributed by atoms with E-state index in [9.17, 15) is 13.5 Å². The van der Waals surface area contributed by atoms with Crippen LogP contribution in [-0.4, -0.2) is 43.6 Å². The van der Waals surface area contributed by atoms with E-state index in [2.05, 4.69) is 13.8 Å². The van der Waals surface area contributed by atoms with Gasteiger partial charge in [0.05, 0.1) is 24.2 Å². The number of hydrogen-bond acceptors (Lipinski definition) is 4. The summed E-state index contributed by atoms with van der Waals surface area (Å²) in [7, 11) is -1.75. The second kappa shape index (κ2) is 11.4. The van der Waals surface area contributed by atoms with Crippen LogP contribution >= 0.6 is 0 Å². The summed E-state index contributed by atoms with van der Waals surface area (Å²) < 4.78 is 33.1. The molecule has 0 unspecified atom stereocenters. The Morgan fingerprint density at radius 3 is 2.28 bits per heavy atom. The average Bonchev–Trinajstić information content (AvgIpc) is 2.72. The fourth-order valence-corrected chi connectivity index (χ4v) is 5.24. The Morgan fingerprint density at radius 1 is 1.07 bits per heavy atom. The molecule has 0 saturated heterocycles. The van der Waals surface area contributed by atoms with Crippen LogP contribution in [0.15, 0.2) is 29.2 Å². The van der Waals surface area contributed by atoms with E-state index >= 15 is 0 Å². The van der Waals surface area contributed by atoms with E-state index in [-0.39, 0.29) is 18.1 Å². The van der Waals surface area contributed by atoms with Gasteiger partial charge in [0.25, 0.3) is 0 Å². The lowest BCUT2D eigenvalue weighted by Gasteiger charge is -2.30. The van der Waals surface area contributed by atoms with Crippen molar-refractivity contribution in [1.29, 1.82) is 0 Å². The molecule has 0 aliphatic heterocycles. The van der Waals surface area contributed by atoms with Crippen molar-refractivity contribution in [1.82, 2.24) is 4.31 Å². The molecular weight excluding hydrogens is 386 g/mol. The molecule has 0 heterocycles. The zero-order valence-electron chi connectivity index (χ0n) is 18.5. The minimum absolute atomic E-state index is 0.0811. The Morgan fingerprint density at radius 2 is 1.69 bits per heavy atom. The highest BCUT2D eigenvalue weighted by Gasteiger charge is 2.28. The number of sulfonamides is 1. The Labute approximate surface area is 177 Å². The smallest absolute Gasteiger partial charge is 0.243 e. The highest BCUT2D eigenvalue weighted by atomic mass is 32.2. The quantitative estimate of drug-likeness (QED) is 0.563. The van der Waals surface area contributed by atoms with Crippen LogP contribution in [0.3, 0.4) is 0 Å². The topological polar surface area (TPSA) is 66.8 Å². The lowest BCUT2D eigenvalue weighted by atomic mass is 9.96. The van der Waals surface area contributed by atoms with Crippen molar-refractivity contribution in [2.45, 2.75) is 89.4 Å². The first-order chi connectivity index (χ1) is 13.7. The maximum absolute atomic E-state index is 12.9. The summed E-state index contributed by atoms with van der Waals surface area (Å²) in [6, 6.07) is 7.10. The minimum atomic E-state index is -3.45. The van der Waals surface area contributed by atoms with Crippen molar-refractivity contribution in [3.05, 3.63) is 29.8 Å². The summed E-state index contributed by atoms with van der Waals surface area (Å²) >= 11 is 0. The monoisotopic (exact) mass is 425 g/mol. The third kappa shape index (κ3) is 7.35. The van der Waals surface area contributed by atoms with Gasteiger partial charge in [-0.1, -0.05) is 52.2 Å². The van der Waals surface area contributed by atoms with Crippen LogP contribution in [0.5, 0.6) is 0 Å². The fourth-order valence-electron chi connectivity index (χ4n) is 3.83. The van der Waals surface area contributed by atoms with Crippen molar-refractivity contribution in [3.63, 3.8) is 0 Å². The van der Waals surface area contributed by atoms with Gasteiger partial charge in [0, 0.05) is 19.0 Å². The second-order valence-electron chi connectivity index (χ2n) is 8.99. The van der Waals surface area contributed by atoms with E-state index < -0.39 is 10.0 Å². The lowest BCUT2D eigenvalue weighted by Crippen LogP contribution is -2.38. The van der Waals surface area contributed by atoms with Gasteiger partial charge in [0.1, 0.15) is 0 Å². The highest BCUT2D eigenvalue weighted by molar-refractivity contribution is 7.89. The third-order valence-corrected chi connectivity index (χ3v) is 7.96. The molecule has 1 fully saturated rings. The predicted octanol–water partition coefficient (Wildman–Crippen LogP) is 4.59. The fraction of sp³-hybridized carbons (Fsp3) is 0.739. The molecule has 2 rings (SSSR count). The van der Waals surface area contributed by atoms with Gasteiger partial charge in [0.2, 0.25) is 10.0 Å². The summed E-state index contributed by atoms with van der Waals surface area (Å²) in [6.07, 6.45) is 6.76. The molecule has 0 bridgehead atoms. The Kier molecular flexibility index (Phi) is 9.60. The maximum Gasteiger partial charge on any atom is 0.243 e. The normalized spacial score (nSPS) is 18.3. The maximum atomic E-state index is 12.9. The van der Waals surface area contributed by atoms with E-state index in [0.717, 1.165) is 44.1 Å². The second-order valence-corrected chi connectivity index (χ2v) is 11.0. The van der Waals surface area contributed by atoms with Gasteiger partial charge >= 0.3 is 0 Å². The van der Waals surface area contributed by atoms with Gasteiger partial charge in [-0.3, -0.25) is 0 Å². The van der Waals surface area contributed by atoms with Gasteiger partial charge in [0.15, 0.2) is 0 Å². The largest absolute Gasteiger partial charge is 0.393 e. The standard InChI is InChI=1S/C23H39NO4S/c1-18(2)10-15-23(25)19(3)16-28-17-20-11-13-22(14-12-20)29(26,27)24(4)21-8-6-5-7-9-21/h11-14,18-19,21,23,25H,5-10,15-17H2,1-4H3/t19-,23-/m0/s1. The van der Waals surface area contributed by atoms with E-state index in [4.69, 9.17) is 4.74 Å². The molecule has 0 aromatic heterocycles. The van der Waals surface area contributed by atoms with Crippen LogP contribution < -0.4 is 0 Å². The van der Waals surface area contributed by atoms with E-state index in [1.807, 2.05) is 19.1 Å². The molecule has 5 nitrogen and oxygen atoms in total. The lowest BCUT2D eigenvalue weighted by molar-refractivity contribution is 0.0231. The zero-order valence-corrected chi connectivity index (χ0v) is 19.3. The molecule has 1 aliphatic carbocycles. The van der Waals surface area contributed by atoms with Gasteiger partial charge in [-0.05, 0) is 49.3 Å². The molecule has 29 heavy (non-hydrogen) atoms. The number of benzene rings is 1. The number of nitrogens with zero attached hydrogens (tertiary/aromatic N) is 1. The summed E-state index contributed by atoms with van der Waals surface area (Å²) in [5.41, 5.74) is 0.938. The molecular formula is C23H39NO4S. The predicted molar refractivity (Wildman–Crippen MR) is 117 cm³/mol. The van der Waals surface area contributed by atoms with Crippen LogP contribution in [0.4, 0.5) is 0 Å². The van der Waals surface area contributed by atoms with Crippen LogP contribution in [0, 0.1) is 11.8 Å². The number of rotatable bonds is 11. The molecule has 0 amide bonds. The SMILES string of the molecule is CC(C)CC[C@H](O)[C@@H](C)COCc1ccc(S(=O)(=O)N(C)C2CCCCC2)cc1. The van der Waals surface area contributed by atoms with Gasteiger partial charge in [-0.2, -0.15) is 4.31 Å². The van der Waals surface area contributed by atoms with E-state index in [1.54, 1.807) is 23.5 Å². The van der Waals surface area contributed by atoms with Crippen LogP contribution in [0.25, 0.3) is 0 Å². The molecule has 1 aromatic rings. The number of hydrogen-bond donors (Lipinski definition) is 1. The first-order valence-electron chi connectivity index (χ1n) is 11.0. The van der Waals surface area contributed by atoms with Crippen molar-refractivity contribution in [2.24, 2.45) is 11.8 Å². The molecule has 1 N–H and O–H groups in total. The molecule has 1 saturated carbocycles. The number of aliphatic hydroxyl groups is 1. The van der Waals surface area contributed by atoms with E-state index in [0.29, 0.717) is 24.0 Å². The van der Waals surface area contributed by atoms with Crippen molar-refractivity contribution in [3.8, 4) is 0 Å². The molecule has 1 aliphatic rings. The van der Waals surface area contributed by atoms with Crippen LogP contribution in [-0.2, 0) is 21.4 Å². The first-order valence-corrected chi connectivity index (χ1v) is 12.5. The molecule has 1 aromatic carbocycles. The highest BCUT2D eigenvalue weighted by Crippen LogP contribution is 2.26. The molecule has 0 radical (unpaired) electrons. The average molecular weight is 426 g/mol. The van der Waals surface area contributed by atoms with Gasteiger partial charge < -0.3 is 9.84 Å². The minimum Gasteiger partial charge on any atom is -0.393 e. The summed E-state index contributed by atoms with van der Waals surface area (Å²) in [5, 5.41) is 10.2. The van der Waals surface area contributed by atoms with E-state index in [1.165, 1.54) is 6.42 Å². The third-order valence-electron chi connectivity index (χ3n) is 6.04. The number of ether oxygens (including phenoxy) is 1. The molecule has 6 heteroatoms. The first kappa shape index (κ1) is 24.3. The summed E-state index contributed by atoms with van der Waals surface area (Å²) in [5.74, 6) is 0.669. The van der Waals surface area contributed by atoms with Gasteiger partial charge in [-0.15, -0.1) is 0 Å². The Hall–Kier alpha value is -0.950. The molecule has 166 valence electrons. The molecule has 0 spiro atoms. The molecule has 2 atom stereocenters. The van der Waals surface area contributed by atoms with Crippen LogP contribution in [0.2, 0.25) is 0 Å². The van der Waals surface area contributed by atoms with Crippen molar-refractivity contribution >= 4 is 10.0 Å². The Bertz CT molecular complexity index is 696. The number of aliphatic hydroxyl groups excluding tert-OH is 1. The van der Waals surface area contributed by atoms with Gasteiger partial charge in [-0.25, -0.2) is 8.42 Å². The van der Waals surface area contributed by atoms with Crippen molar-refractivity contribution < 1.29 is 18.3 Å².